The van der Waals surface area contributed by atoms with Crippen LogP contribution < -0.4 is 0 Å². The van der Waals surface area contributed by atoms with E-state index < -0.39 is 30.2 Å². The number of aliphatic hydroxyl groups is 3. The monoisotopic (exact) mass is 192 g/mol. The van der Waals surface area contributed by atoms with Crippen molar-refractivity contribution in [2.75, 3.05) is 7.11 Å². The highest BCUT2D eigenvalue weighted by molar-refractivity contribution is 4.97. The molecule has 1 rings (SSSR count). The van der Waals surface area contributed by atoms with Crippen LogP contribution in [0.2, 0.25) is 0 Å². The van der Waals surface area contributed by atoms with E-state index >= 15 is 0 Å². The molecule has 78 valence electrons. The lowest BCUT2D eigenvalue weighted by Crippen LogP contribution is -2.64. The zero-order valence-corrected chi connectivity index (χ0v) is 7.97. The van der Waals surface area contributed by atoms with Crippen LogP contribution in [0.4, 0.5) is 0 Å². The fraction of sp³-hybridized carbons (Fsp3) is 1.00. The second-order valence-corrected chi connectivity index (χ2v) is 3.56. The van der Waals surface area contributed by atoms with Gasteiger partial charge in [-0.05, 0) is 13.8 Å². The molecule has 0 bridgehead atoms. The van der Waals surface area contributed by atoms with Gasteiger partial charge in [0.05, 0.1) is 6.10 Å². The molecule has 0 aromatic heterocycles. The van der Waals surface area contributed by atoms with Crippen LogP contribution in [0.3, 0.4) is 0 Å². The molecule has 1 aliphatic heterocycles. The van der Waals surface area contributed by atoms with Crippen molar-refractivity contribution in [2.45, 2.75) is 44.1 Å². The van der Waals surface area contributed by atoms with Crippen LogP contribution in [-0.4, -0.2) is 52.6 Å². The Morgan fingerprint density at radius 2 is 1.85 bits per heavy atom. The van der Waals surface area contributed by atoms with Gasteiger partial charge in [0.1, 0.15) is 17.8 Å². The molecule has 0 aromatic rings. The summed E-state index contributed by atoms with van der Waals surface area (Å²) in [6.07, 6.45) is -3.82. The molecule has 0 spiro atoms. The van der Waals surface area contributed by atoms with Crippen molar-refractivity contribution in [1.82, 2.24) is 0 Å². The average Bonchev–Trinajstić information content (AvgIpc) is 2.09. The lowest BCUT2D eigenvalue weighted by Gasteiger charge is -2.45. The summed E-state index contributed by atoms with van der Waals surface area (Å²) in [5.74, 6) is 0. The molecule has 1 aliphatic rings. The van der Waals surface area contributed by atoms with E-state index in [-0.39, 0.29) is 0 Å². The average molecular weight is 192 g/mol. The van der Waals surface area contributed by atoms with Crippen molar-refractivity contribution >= 4 is 0 Å². The summed E-state index contributed by atoms with van der Waals surface area (Å²) in [6.45, 7) is 2.96. The minimum atomic E-state index is -1.60. The van der Waals surface area contributed by atoms with E-state index in [0.717, 1.165) is 0 Å². The highest BCUT2D eigenvalue weighted by Gasteiger charge is 2.50. The minimum Gasteiger partial charge on any atom is -0.387 e. The Balaban J connectivity index is 2.82. The molecule has 5 atom stereocenters. The first-order valence-corrected chi connectivity index (χ1v) is 4.18. The van der Waals surface area contributed by atoms with Gasteiger partial charge in [-0.15, -0.1) is 0 Å². The van der Waals surface area contributed by atoms with Gasteiger partial charge >= 0.3 is 0 Å². The van der Waals surface area contributed by atoms with Gasteiger partial charge < -0.3 is 24.8 Å². The van der Waals surface area contributed by atoms with Gasteiger partial charge in [0, 0.05) is 7.11 Å². The SMILES string of the molecule is CO[C@H]1O[C@H](C)[C@@H](O)[C@](C)(O)[C@@H]1O. The summed E-state index contributed by atoms with van der Waals surface area (Å²) in [5.41, 5.74) is -1.60. The standard InChI is InChI=1S/C8H16O5/c1-4-5(9)8(2,11)6(10)7(12-3)13-4/h4-7,9-11H,1-3H3/t4-,5-,6-,7+,8+/m1/s1. The second kappa shape index (κ2) is 3.51. The minimum absolute atomic E-state index is 0.566. The van der Waals surface area contributed by atoms with Crippen LogP contribution in [-0.2, 0) is 9.47 Å². The molecule has 13 heavy (non-hydrogen) atoms. The molecule has 0 aromatic carbocycles. The summed E-state index contributed by atoms with van der Waals surface area (Å²) in [5, 5.41) is 28.7. The molecule has 0 aliphatic carbocycles. The first kappa shape index (κ1) is 10.9. The normalized spacial score (nSPS) is 52.2. The molecule has 0 amide bonds. The molecule has 0 radical (unpaired) electrons. The fourth-order valence-electron chi connectivity index (χ4n) is 1.47. The molecule has 5 heteroatoms. The Morgan fingerprint density at radius 3 is 2.31 bits per heavy atom. The highest BCUT2D eigenvalue weighted by atomic mass is 16.7. The van der Waals surface area contributed by atoms with Crippen molar-refractivity contribution in [3.05, 3.63) is 0 Å². The summed E-state index contributed by atoms with van der Waals surface area (Å²) >= 11 is 0. The number of aliphatic hydroxyl groups excluding tert-OH is 2. The Hall–Kier alpha value is -0.200. The zero-order chi connectivity index (χ0) is 10.2. The van der Waals surface area contributed by atoms with Crippen LogP contribution in [0.25, 0.3) is 0 Å². The summed E-state index contributed by atoms with van der Waals surface area (Å²) in [4.78, 5) is 0. The van der Waals surface area contributed by atoms with Crippen LogP contribution in [0.5, 0.6) is 0 Å². The number of rotatable bonds is 1. The van der Waals surface area contributed by atoms with Crippen LogP contribution >= 0.6 is 0 Å². The van der Waals surface area contributed by atoms with Crippen LogP contribution in [0.15, 0.2) is 0 Å². The Kier molecular flexibility index (Phi) is 2.94. The van der Waals surface area contributed by atoms with E-state index in [2.05, 4.69) is 0 Å². The number of methoxy groups -OCH3 is 1. The predicted molar refractivity (Wildman–Crippen MR) is 44.0 cm³/mol. The topological polar surface area (TPSA) is 79.2 Å². The first-order chi connectivity index (χ1) is 5.91. The lowest BCUT2D eigenvalue weighted by atomic mass is 9.86. The molecule has 1 fully saturated rings. The van der Waals surface area contributed by atoms with Gasteiger partial charge in [-0.25, -0.2) is 0 Å². The summed E-state index contributed by atoms with van der Waals surface area (Å²) < 4.78 is 9.93. The van der Waals surface area contributed by atoms with E-state index in [0.29, 0.717) is 0 Å². The van der Waals surface area contributed by atoms with Crippen LogP contribution in [0, 0.1) is 0 Å². The quantitative estimate of drug-likeness (QED) is 0.489. The fourth-order valence-corrected chi connectivity index (χ4v) is 1.47. The number of ether oxygens (including phenoxy) is 2. The van der Waals surface area contributed by atoms with E-state index in [1.165, 1.54) is 14.0 Å². The second-order valence-electron chi connectivity index (χ2n) is 3.56. The van der Waals surface area contributed by atoms with Crippen molar-refractivity contribution in [3.63, 3.8) is 0 Å². The third kappa shape index (κ3) is 1.70. The number of hydrogen-bond donors (Lipinski definition) is 3. The highest BCUT2D eigenvalue weighted by Crippen LogP contribution is 2.29. The molecule has 0 unspecified atom stereocenters. The summed E-state index contributed by atoms with van der Waals surface area (Å²) in [6, 6.07) is 0. The van der Waals surface area contributed by atoms with Gasteiger partial charge in [0.2, 0.25) is 0 Å². The van der Waals surface area contributed by atoms with Gasteiger partial charge in [0.25, 0.3) is 0 Å². The molecular weight excluding hydrogens is 176 g/mol. The molecule has 3 N–H and O–H groups in total. The first-order valence-electron chi connectivity index (χ1n) is 4.18. The van der Waals surface area contributed by atoms with Crippen molar-refractivity contribution in [3.8, 4) is 0 Å². The Labute approximate surface area is 76.9 Å². The number of hydrogen-bond acceptors (Lipinski definition) is 5. The van der Waals surface area contributed by atoms with E-state index in [4.69, 9.17) is 9.47 Å². The predicted octanol–water partition coefficient (Wildman–Crippen LogP) is -1.15. The molecule has 0 saturated carbocycles. The third-order valence-corrected chi connectivity index (χ3v) is 2.48. The Bertz CT molecular complexity index is 181. The molecule has 5 nitrogen and oxygen atoms in total. The van der Waals surface area contributed by atoms with Crippen LogP contribution in [0.1, 0.15) is 13.8 Å². The smallest absolute Gasteiger partial charge is 0.186 e. The van der Waals surface area contributed by atoms with Crippen molar-refractivity contribution in [2.24, 2.45) is 0 Å². The zero-order valence-electron chi connectivity index (χ0n) is 7.97. The summed E-state index contributed by atoms with van der Waals surface area (Å²) in [7, 11) is 1.37. The molecule has 1 heterocycles. The van der Waals surface area contributed by atoms with E-state index in [1.807, 2.05) is 0 Å². The van der Waals surface area contributed by atoms with Crippen molar-refractivity contribution < 1.29 is 24.8 Å². The third-order valence-electron chi connectivity index (χ3n) is 2.48. The van der Waals surface area contributed by atoms with E-state index in [9.17, 15) is 15.3 Å². The maximum atomic E-state index is 9.72. The van der Waals surface area contributed by atoms with Gasteiger partial charge in [-0.2, -0.15) is 0 Å². The maximum absolute atomic E-state index is 9.72. The lowest BCUT2D eigenvalue weighted by molar-refractivity contribution is -0.315. The maximum Gasteiger partial charge on any atom is 0.186 e. The largest absolute Gasteiger partial charge is 0.387 e. The van der Waals surface area contributed by atoms with Crippen molar-refractivity contribution in [1.29, 1.82) is 0 Å². The molecule has 1 saturated heterocycles. The molecular formula is C8H16O5. The van der Waals surface area contributed by atoms with Gasteiger partial charge in [-0.1, -0.05) is 0 Å². The van der Waals surface area contributed by atoms with E-state index in [1.54, 1.807) is 6.92 Å². The Morgan fingerprint density at radius 1 is 1.31 bits per heavy atom. The van der Waals surface area contributed by atoms with Gasteiger partial charge in [0.15, 0.2) is 6.29 Å². The van der Waals surface area contributed by atoms with Gasteiger partial charge in [-0.3, -0.25) is 0 Å².